The van der Waals surface area contributed by atoms with E-state index in [1.807, 2.05) is 10.6 Å². The van der Waals surface area contributed by atoms with Gasteiger partial charge in [0.2, 0.25) is 0 Å². The first kappa shape index (κ1) is 14.2. The Bertz CT molecular complexity index is 668. The number of aromatic amines is 1. The van der Waals surface area contributed by atoms with Crippen LogP contribution in [-0.2, 0) is 11.3 Å². The summed E-state index contributed by atoms with van der Waals surface area (Å²) in [4.78, 5) is 10.1. The van der Waals surface area contributed by atoms with Crippen LogP contribution in [0.4, 0.5) is 0 Å². The van der Waals surface area contributed by atoms with Crippen molar-refractivity contribution in [1.82, 2.24) is 19.4 Å². The molecule has 1 aliphatic rings. The zero-order valence-electron chi connectivity index (χ0n) is 11.3. The number of H-pyrrole nitrogens is 1. The molecule has 1 aliphatic heterocycles. The molecule has 0 spiro atoms. The number of rotatable bonds is 3. The second-order valence-corrected chi connectivity index (χ2v) is 6.25. The molecule has 1 unspecified atom stereocenters. The first-order valence-corrected chi connectivity index (χ1v) is 7.95. The number of morpholine rings is 1. The third kappa shape index (κ3) is 2.81. The van der Waals surface area contributed by atoms with Crippen molar-refractivity contribution >= 4 is 39.3 Å². The van der Waals surface area contributed by atoms with Gasteiger partial charge in [0.1, 0.15) is 0 Å². The van der Waals surface area contributed by atoms with Crippen molar-refractivity contribution in [2.45, 2.75) is 19.6 Å². The van der Waals surface area contributed by atoms with Crippen molar-refractivity contribution in [3.8, 4) is 0 Å². The summed E-state index contributed by atoms with van der Waals surface area (Å²) < 4.78 is 9.52. The molecule has 1 N–H and O–H groups in total. The molecule has 0 amide bonds. The average Bonchev–Trinajstić information content (AvgIpc) is 2.74. The van der Waals surface area contributed by atoms with E-state index in [1.54, 1.807) is 6.20 Å². The van der Waals surface area contributed by atoms with Crippen molar-refractivity contribution in [2.75, 3.05) is 26.2 Å². The van der Waals surface area contributed by atoms with E-state index in [9.17, 15) is 0 Å². The summed E-state index contributed by atoms with van der Waals surface area (Å²) in [6.07, 6.45) is 1.96. The number of hydrogen-bond donors (Lipinski definition) is 1. The van der Waals surface area contributed by atoms with Gasteiger partial charge in [-0.15, -0.1) is 0 Å². The molecule has 3 rings (SSSR count). The second-order valence-electron chi connectivity index (χ2n) is 4.95. The molecule has 0 bridgehead atoms. The number of likely N-dealkylation sites (N-methyl/N-ethyl adjacent to an activating group) is 1. The van der Waals surface area contributed by atoms with Crippen LogP contribution in [0.25, 0.3) is 11.2 Å². The number of nitrogens with one attached hydrogen (secondary N) is 1. The molecule has 5 nitrogen and oxygen atoms in total. The first-order chi connectivity index (χ1) is 9.67. The van der Waals surface area contributed by atoms with Gasteiger partial charge in [0, 0.05) is 23.8 Å². The minimum Gasteiger partial charge on any atom is -0.374 e. The third-order valence-electron chi connectivity index (χ3n) is 3.63. The smallest absolute Gasteiger partial charge is 0.179 e. The minimum absolute atomic E-state index is 0.167. The van der Waals surface area contributed by atoms with Gasteiger partial charge >= 0.3 is 0 Å². The molecule has 0 radical (unpaired) electrons. The Morgan fingerprint density at radius 3 is 3.25 bits per heavy atom. The number of halogens is 1. The molecule has 0 aliphatic carbocycles. The predicted molar refractivity (Wildman–Crippen MR) is 84.5 cm³/mol. The van der Waals surface area contributed by atoms with Crippen LogP contribution < -0.4 is 0 Å². The molecule has 1 saturated heterocycles. The van der Waals surface area contributed by atoms with Crippen LogP contribution >= 0.6 is 28.1 Å². The number of aromatic nitrogens is 3. The van der Waals surface area contributed by atoms with Crippen molar-refractivity contribution < 1.29 is 4.74 Å². The molecule has 0 saturated carbocycles. The van der Waals surface area contributed by atoms with Crippen molar-refractivity contribution in [3.63, 3.8) is 0 Å². The molecular weight excluding hydrogens is 340 g/mol. The summed E-state index contributed by atoms with van der Waals surface area (Å²) in [7, 11) is 0. The first-order valence-electron chi connectivity index (χ1n) is 6.75. The summed E-state index contributed by atoms with van der Waals surface area (Å²) in [5.41, 5.74) is 1.84. The molecule has 2 aromatic rings. The Labute approximate surface area is 131 Å². The Balaban J connectivity index is 1.87. The van der Waals surface area contributed by atoms with Crippen molar-refractivity contribution in [3.05, 3.63) is 21.5 Å². The quantitative estimate of drug-likeness (QED) is 0.858. The van der Waals surface area contributed by atoms with E-state index in [-0.39, 0.29) is 6.10 Å². The fourth-order valence-electron chi connectivity index (χ4n) is 2.57. The van der Waals surface area contributed by atoms with Crippen LogP contribution in [0.3, 0.4) is 0 Å². The molecule has 1 fully saturated rings. The van der Waals surface area contributed by atoms with E-state index in [4.69, 9.17) is 17.0 Å². The van der Waals surface area contributed by atoms with Crippen LogP contribution in [0.5, 0.6) is 0 Å². The highest BCUT2D eigenvalue weighted by molar-refractivity contribution is 9.10. The number of fused-ring (bicyclic) bond motifs is 1. The molecule has 1 atom stereocenters. The van der Waals surface area contributed by atoms with E-state index in [0.717, 1.165) is 48.4 Å². The highest BCUT2D eigenvalue weighted by Gasteiger charge is 2.21. The van der Waals surface area contributed by atoms with Gasteiger partial charge in [-0.05, 0) is 40.8 Å². The Kier molecular flexibility index (Phi) is 4.21. The maximum absolute atomic E-state index is 5.85. The van der Waals surface area contributed by atoms with E-state index >= 15 is 0 Å². The van der Waals surface area contributed by atoms with Gasteiger partial charge in [-0.25, -0.2) is 4.98 Å². The fraction of sp³-hybridized carbons (Fsp3) is 0.538. The largest absolute Gasteiger partial charge is 0.374 e. The molecular formula is C13H17BrN4OS. The van der Waals surface area contributed by atoms with Gasteiger partial charge in [0.25, 0.3) is 0 Å². The summed E-state index contributed by atoms with van der Waals surface area (Å²) >= 11 is 8.83. The molecule has 108 valence electrons. The van der Waals surface area contributed by atoms with E-state index in [1.165, 1.54) is 0 Å². The Hall–Kier alpha value is -0.760. The Morgan fingerprint density at radius 2 is 2.45 bits per heavy atom. The van der Waals surface area contributed by atoms with Gasteiger partial charge < -0.3 is 9.72 Å². The van der Waals surface area contributed by atoms with Gasteiger partial charge in [-0.3, -0.25) is 9.47 Å². The highest BCUT2D eigenvalue weighted by Crippen LogP contribution is 2.18. The summed E-state index contributed by atoms with van der Waals surface area (Å²) in [5, 5.41) is 0. The topological polar surface area (TPSA) is 46.1 Å². The monoisotopic (exact) mass is 356 g/mol. The normalized spacial score (nSPS) is 20.6. The van der Waals surface area contributed by atoms with Crippen molar-refractivity contribution in [1.29, 1.82) is 0 Å². The van der Waals surface area contributed by atoms with E-state index in [0.29, 0.717) is 4.77 Å². The molecule has 0 aromatic carbocycles. The van der Waals surface area contributed by atoms with Crippen LogP contribution in [0.1, 0.15) is 6.92 Å². The lowest BCUT2D eigenvalue weighted by atomic mass is 10.2. The van der Waals surface area contributed by atoms with Gasteiger partial charge in [-0.1, -0.05) is 6.92 Å². The fourth-order valence-corrected chi connectivity index (χ4v) is 3.17. The number of imidazole rings is 1. The van der Waals surface area contributed by atoms with Crippen LogP contribution in [-0.4, -0.2) is 51.8 Å². The number of ether oxygens (including phenoxy) is 1. The van der Waals surface area contributed by atoms with Gasteiger partial charge in [-0.2, -0.15) is 0 Å². The lowest BCUT2D eigenvalue weighted by Crippen LogP contribution is -2.43. The maximum atomic E-state index is 5.85. The van der Waals surface area contributed by atoms with E-state index in [2.05, 4.69) is 37.7 Å². The SMILES string of the molecule is CCN1CCOC(Cn2c(=S)[nH]c3cc(Br)cnc32)C1. The zero-order chi connectivity index (χ0) is 14.1. The minimum atomic E-state index is 0.167. The van der Waals surface area contributed by atoms with Gasteiger partial charge in [0.15, 0.2) is 10.4 Å². The van der Waals surface area contributed by atoms with Crippen LogP contribution in [0.15, 0.2) is 16.7 Å². The van der Waals surface area contributed by atoms with Crippen molar-refractivity contribution in [2.24, 2.45) is 0 Å². The number of hydrogen-bond acceptors (Lipinski definition) is 4. The Morgan fingerprint density at radius 1 is 1.60 bits per heavy atom. The summed E-state index contributed by atoms with van der Waals surface area (Å²) in [6.45, 7) is 6.72. The molecule has 20 heavy (non-hydrogen) atoms. The lowest BCUT2D eigenvalue weighted by molar-refractivity contribution is -0.0340. The van der Waals surface area contributed by atoms with Gasteiger partial charge in [0.05, 0.1) is 24.8 Å². The highest BCUT2D eigenvalue weighted by atomic mass is 79.9. The third-order valence-corrected chi connectivity index (χ3v) is 4.39. The number of pyridine rings is 1. The molecule has 2 aromatic heterocycles. The molecule has 3 heterocycles. The zero-order valence-corrected chi connectivity index (χ0v) is 13.7. The van der Waals surface area contributed by atoms with E-state index < -0.39 is 0 Å². The number of nitrogens with zero attached hydrogens (tertiary/aromatic N) is 3. The van der Waals surface area contributed by atoms with Crippen LogP contribution in [0.2, 0.25) is 0 Å². The van der Waals surface area contributed by atoms with Crippen LogP contribution in [0, 0.1) is 4.77 Å². The average molecular weight is 357 g/mol. The standard InChI is InChI=1S/C13H17BrN4OS/c1-2-17-3-4-19-10(7-17)8-18-12-11(16-13(18)20)5-9(14)6-15-12/h5-6,10H,2-4,7-8H2,1H3,(H,16,20). The molecule has 7 heteroatoms. The maximum Gasteiger partial charge on any atom is 0.179 e. The second kappa shape index (κ2) is 5.93. The predicted octanol–water partition coefficient (Wildman–Crippen LogP) is 2.58. The summed E-state index contributed by atoms with van der Waals surface area (Å²) in [6, 6.07) is 1.99. The lowest BCUT2D eigenvalue weighted by Gasteiger charge is -2.32. The summed E-state index contributed by atoms with van der Waals surface area (Å²) in [5.74, 6) is 0.